The number of fused-ring (bicyclic) bond motifs is 2. The van der Waals surface area contributed by atoms with Crippen LogP contribution in [0.2, 0.25) is 0 Å². The van der Waals surface area contributed by atoms with Crippen LogP contribution in [-0.2, 0) is 22.7 Å². The lowest BCUT2D eigenvalue weighted by Gasteiger charge is -2.19. The van der Waals surface area contributed by atoms with Gasteiger partial charge in [0.25, 0.3) is 0 Å². The van der Waals surface area contributed by atoms with Gasteiger partial charge in [0.1, 0.15) is 26.4 Å². The smallest absolute Gasteiger partial charge is 0.488 e. The number of ether oxygens (including phenoxy) is 8. The molecule has 2 saturated carbocycles. The number of methoxy groups -OCH3 is 4. The predicted molar refractivity (Wildman–Crippen MR) is 206 cm³/mol. The molecule has 8 rings (SSSR count). The minimum Gasteiger partial charge on any atom is -0.493 e. The Morgan fingerprint density at radius 2 is 1.11 bits per heavy atom. The zero-order valence-corrected chi connectivity index (χ0v) is 32.8. The zero-order valence-electron chi connectivity index (χ0n) is 31.3. The summed E-state index contributed by atoms with van der Waals surface area (Å²) in [6.45, 7) is 0.950. The first-order valence-electron chi connectivity index (χ1n) is 17.6. The fourth-order valence-corrected chi connectivity index (χ4v) is 6.31. The van der Waals surface area contributed by atoms with Crippen LogP contribution in [0.5, 0.6) is 34.5 Å². The molecule has 14 nitrogen and oxygen atoms in total. The monoisotopic (exact) mass is 836 g/mol. The number of hydrogen-bond acceptors (Lipinski definition) is 14. The number of cyclic esters (lactones) is 2. The van der Waals surface area contributed by atoms with Crippen molar-refractivity contribution in [2.75, 3.05) is 41.7 Å². The largest absolute Gasteiger partial charge is 0.493 e. The number of esters is 2. The predicted octanol–water partition coefficient (Wildman–Crippen LogP) is 4.35. The summed E-state index contributed by atoms with van der Waals surface area (Å²) >= 11 is 3.40. The summed E-state index contributed by atoms with van der Waals surface area (Å²) in [5.74, 6) is 2.58. The van der Waals surface area contributed by atoms with E-state index in [0.29, 0.717) is 56.7 Å². The van der Waals surface area contributed by atoms with Crippen molar-refractivity contribution in [3.63, 3.8) is 0 Å². The van der Waals surface area contributed by atoms with Gasteiger partial charge >= 0.3 is 19.1 Å². The first kappa shape index (κ1) is 40.7. The second-order valence-electron chi connectivity index (χ2n) is 13.6. The maximum absolute atomic E-state index is 11.7. The molecule has 56 heavy (non-hydrogen) atoms. The van der Waals surface area contributed by atoms with Crippen LogP contribution in [0, 0.1) is 0 Å². The van der Waals surface area contributed by atoms with Crippen LogP contribution >= 0.6 is 15.9 Å². The molecule has 4 aliphatic rings. The third kappa shape index (κ3) is 9.16. The molecule has 0 atom stereocenters. The van der Waals surface area contributed by atoms with E-state index in [2.05, 4.69) is 15.9 Å². The van der Waals surface area contributed by atoms with Gasteiger partial charge in [-0.2, -0.15) is 0 Å². The van der Waals surface area contributed by atoms with E-state index in [1.807, 2.05) is 30.3 Å². The van der Waals surface area contributed by atoms with Crippen LogP contribution in [-0.4, -0.2) is 92.2 Å². The molecular weight excluding hydrogens is 795 g/mol. The van der Waals surface area contributed by atoms with Gasteiger partial charge < -0.3 is 58.2 Å². The van der Waals surface area contributed by atoms with E-state index in [1.165, 1.54) is 6.07 Å². The fraction of sp³-hybridized carbons (Fsp3) is 0.350. The average Bonchev–Trinajstić information content (AvgIpc) is 4.06. The van der Waals surface area contributed by atoms with E-state index in [9.17, 15) is 19.8 Å². The third-order valence-corrected chi connectivity index (χ3v) is 10.2. The van der Waals surface area contributed by atoms with Crippen LogP contribution in [0.3, 0.4) is 0 Å². The number of hydrogen-bond donors (Lipinski definition) is 4. The van der Waals surface area contributed by atoms with Crippen molar-refractivity contribution in [1.29, 1.82) is 0 Å². The summed E-state index contributed by atoms with van der Waals surface area (Å²) in [4.78, 5) is 22.7. The van der Waals surface area contributed by atoms with Gasteiger partial charge in [-0.25, -0.2) is 9.59 Å². The van der Waals surface area contributed by atoms with Gasteiger partial charge in [-0.15, -0.1) is 0 Å². The van der Waals surface area contributed by atoms with E-state index < -0.39 is 18.3 Å². The summed E-state index contributed by atoms with van der Waals surface area (Å²) in [7, 11) is 4.75. The summed E-state index contributed by atoms with van der Waals surface area (Å²) in [5.41, 5.74) is 3.27. The lowest BCUT2D eigenvalue weighted by molar-refractivity contribution is 0.0526. The quantitative estimate of drug-likeness (QED) is 0.116. The van der Waals surface area contributed by atoms with Gasteiger partial charge in [-0.1, -0.05) is 18.2 Å². The number of rotatable bonds is 12. The molecule has 4 aromatic carbocycles. The van der Waals surface area contributed by atoms with Gasteiger partial charge in [-0.05, 0) is 95.1 Å². The zero-order chi connectivity index (χ0) is 40.2. The van der Waals surface area contributed by atoms with Gasteiger partial charge in [0.05, 0.1) is 55.2 Å². The van der Waals surface area contributed by atoms with Gasteiger partial charge in [0.15, 0.2) is 23.0 Å². The van der Waals surface area contributed by atoms with Crippen molar-refractivity contribution in [1.82, 2.24) is 0 Å². The first-order chi connectivity index (χ1) is 26.8. The Hall–Kier alpha value is -5.00. The molecule has 4 aromatic rings. The summed E-state index contributed by atoms with van der Waals surface area (Å²) in [5, 5.41) is 37.6. The highest BCUT2D eigenvalue weighted by Gasteiger charge is 2.42. The van der Waals surface area contributed by atoms with E-state index >= 15 is 0 Å². The van der Waals surface area contributed by atoms with Crippen molar-refractivity contribution >= 4 is 40.4 Å². The van der Waals surface area contributed by atoms with Gasteiger partial charge in [-0.3, -0.25) is 0 Å². The number of halogens is 1. The first-order valence-corrected chi connectivity index (χ1v) is 18.4. The minimum absolute atomic E-state index is 0.191. The Bertz CT molecular complexity index is 2100. The van der Waals surface area contributed by atoms with Crippen LogP contribution in [0.25, 0.3) is 11.1 Å². The molecule has 16 heteroatoms. The standard InChI is InChI=1S/C20H20O6.C12H15BrO4.C8H7BO4/c1-23-16-6-5-14(12-3-4-15-13(9-12)10-25-19(15)21)17(18(16)24-2)26-11-20(22)7-8-20;1-15-9-4-3-8(13)10(11(9)16-2)17-7-12(14)5-6-12;10-8-7-2-1-6(9(11)12)3-5(7)4-13-8/h3-6,9,22H,7-8,10-11H2,1-2H3;3-4,14H,5-7H2,1-2H3;1-3,11-12H,4H2. The maximum atomic E-state index is 11.7. The number of carbonyl (C=O) groups excluding carboxylic acids is 2. The van der Waals surface area contributed by atoms with E-state index in [4.69, 9.17) is 47.9 Å². The Morgan fingerprint density at radius 1 is 0.625 bits per heavy atom. The lowest BCUT2D eigenvalue weighted by Crippen LogP contribution is -2.30. The highest BCUT2D eigenvalue weighted by atomic mass is 79.9. The molecule has 0 bridgehead atoms. The molecular formula is C40H42BBrO14. The van der Waals surface area contributed by atoms with Crippen LogP contribution in [0.4, 0.5) is 0 Å². The maximum Gasteiger partial charge on any atom is 0.488 e. The van der Waals surface area contributed by atoms with Crippen molar-refractivity contribution in [3.8, 4) is 45.6 Å². The van der Waals surface area contributed by atoms with Crippen LogP contribution in [0.15, 0.2) is 65.1 Å². The minimum atomic E-state index is -1.50. The summed E-state index contributed by atoms with van der Waals surface area (Å²) in [6, 6.07) is 17.4. The van der Waals surface area contributed by atoms with Crippen molar-refractivity contribution in [3.05, 3.63) is 87.4 Å². The summed E-state index contributed by atoms with van der Waals surface area (Å²) < 4.78 is 43.6. The molecule has 2 fully saturated rings. The highest BCUT2D eigenvalue weighted by Crippen LogP contribution is 2.47. The Kier molecular flexibility index (Phi) is 12.4. The van der Waals surface area contributed by atoms with E-state index in [0.717, 1.165) is 46.8 Å². The molecule has 2 aliphatic heterocycles. The third-order valence-electron chi connectivity index (χ3n) is 9.58. The van der Waals surface area contributed by atoms with Crippen molar-refractivity contribution < 1.29 is 67.7 Å². The second kappa shape index (κ2) is 17.0. The Labute approximate surface area is 332 Å². The lowest BCUT2D eigenvalue weighted by atomic mass is 9.79. The van der Waals surface area contributed by atoms with Crippen molar-refractivity contribution in [2.45, 2.75) is 50.1 Å². The molecule has 4 N–H and O–H groups in total. The van der Waals surface area contributed by atoms with Crippen LogP contribution in [0.1, 0.15) is 57.5 Å². The molecule has 296 valence electrons. The van der Waals surface area contributed by atoms with E-state index in [-0.39, 0.29) is 38.4 Å². The Balaban J connectivity index is 0.000000153. The normalized spacial score (nSPS) is 15.9. The summed E-state index contributed by atoms with van der Waals surface area (Å²) in [6.07, 6.45) is 3.04. The molecule has 0 saturated heterocycles. The highest BCUT2D eigenvalue weighted by molar-refractivity contribution is 9.10. The molecule has 0 amide bonds. The number of aliphatic hydroxyl groups is 2. The van der Waals surface area contributed by atoms with Crippen LogP contribution < -0.4 is 33.9 Å². The molecule has 0 spiro atoms. The molecule has 0 radical (unpaired) electrons. The Morgan fingerprint density at radius 3 is 1.62 bits per heavy atom. The van der Waals surface area contributed by atoms with Gasteiger partial charge in [0, 0.05) is 16.7 Å². The molecule has 0 unspecified atom stereocenters. The van der Waals surface area contributed by atoms with Gasteiger partial charge in [0.2, 0.25) is 11.5 Å². The van der Waals surface area contributed by atoms with E-state index in [1.54, 1.807) is 52.7 Å². The SMILES string of the molecule is COc1ccc(-c2ccc3c(c2)COC3=O)c(OCC2(O)CC2)c1OC.COc1ccc(Br)c(OCC2(O)CC2)c1OC.O=C1OCc2cc(B(O)O)ccc21. The molecule has 2 heterocycles. The van der Waals surface area contributed by atoms with Crippen molar-refractivity contribution in [2.24, 2.45) is 0 Å². The molecule has 2 aliphatic carbocycles. The number of benzene rings is 4. The second-order valence-corrected chi connectivity index (χ2v) is 14.5. The number of carbonyl (C=O) groups is 2. The average molecular weight is 837 g/mol. The topological polar surface area (TPSA) is 189 Å². The molecule has 0 aromatic heterocycles. The fourth-order valence-electron chi connectivity index (χ4n) is 5.88.